The quantitative estimate of drug-likeness (QED) is 0.851. The minimum absolute atomic E-state index is 0.175. The summed E-state index contributed by atoms with van der Waals surface area (Å²) in [5.41, 5.74) is 0.0382. The molecular formula is C7H5Br2F2NO. The topological polar surface area (TPSA) is 33.1 Å². The number of halogens is 4. The van der Waals surface area contributed by atoms with E-state index in [1.54, 1.807) is 0 Å². The fourth-order valence-corrected chi connectivity index (χ4v) is 1.64. The summed E-state index contributed by atoms with van der Waals surface area (Å²) >= 11 is 5.98. The molecule has 1 rings (SSSR count). The standard InChI is InChI=1S/C7H5Br2F2NO/c8-5-4(7(10)11)1-3(2-13)12-6(5)9/h1,7,13H,2H2. The van der Waals surface area contributed by atoms with Crippen molar-refractivity contribution in [3.8, 4) is 0 Å². The van der Waals surface area contributed by atoms with E-state index in [9.17, 15) is 8.78 Å². The Morgan fingerprint density at radius 2 is 2.08 bits per heavy atom. The molecule has 0 aliphatic heterocycles. The first-order valence-corrected chi connectivity index (χ1v) is 4.88. The molecule has 0 radical (unpaired) electrons. The van der Waals surface area contributed by atoms with Gasteiger partial charge in [-0.1, -0.05) is 0 Å². The molecule has 0 aliphatic rings. The summed E-state index contributed by atoms with van der Waals surface area (Å²) in [5, 5.41) is 8.72. The van der Waals surface area contributed by atoms with E-state index in [0.717, 1.165) is 0 Å². The molecule has 0 aromatic carbocycles. The van der Waals surface area contributed by atoms with Gasteiger partial charge in [-0.05, 0) is 37.9 Å². The van der Waals surface area contributed by atoms with Gasteiger partial charge in [0.2, 0.25) is 0 Å². The van der Waals surface area contributed by atoms with E-state index in [1.807, 2.05) is 0 Å². The van der Waals surface area contributed by atoms with Crippen molar-refractivity contribution in [2.45, 2.75) is 13.0 Å². The normalized spacial score (nSPS) is 10.9. The molecule has 1 heterocycles. The van der Waals surface area contributed by atoms with Gasteiger partial charge in [0.05, 0.1) is 16.8 Å². The number of aliphatic hydroxyl groups excluding tert-OH is 1. The summed E-state index contributed by atoms with van der Waals surface area (Å²) in [6.07, 6.45) is -2.58. The predicted octanol–water partition coefficient (Wildman–Crippen LogP) is 3.04. The zero-order chi connectivity index (χ0) is 10.0. The van der Waals surface area contributed by atoms with E-state index in [4.69, 9.17) is 5.11 Å². The van der Waals surface area contributed by atoms with Gasteiger partial charge in [-0.2, -0.15) is 0 Å². The third-order valence-corrected chi connectivity index (χ3v) is 3.33. The second-order valence-electron chi connectivity index (χ2n) is 2.27. The smallest absolute Gasteiger partial charge is 0.265 e. The van der Waals surface area contributed by atoms with Crippen LogP contribution < -0.4 is 0 Å². The first kappa shape index (κ1) is 11.0. The lowest BCUT2D eigenvalue weighted by Crippen LogP contribution is -1.96. The van der Waals surface area contributed by atoms with E-state index >= 15 is 0 Å². The predicted molar refractivity (Wildman–Crippen MR) is 50.5 cm³/mol. The molecule has 0 aliphatic carbocycles. The van der Waals surface area contributed by atoms with E-state index in [1.165, 1.54) is 6.07 Å². The Morgan fingerprint density at radius 3 is 2.54 bits per heavy atom. The largest absolute Gasteiger partial charge is 0.390 e. The number of rotatable bonds is 2. The Labute approximate surface area is 90.2 Å². The van der Waals surface area contributed by atoms with Gasteiger partial charge in [0.1, 0.15) is 4.60 Å². The van der Waals surface area contributed by atoms with Gasteiger partial charge < -0.3 is 5.11 Å². The minimum Gasteiger partial charge on any atom is -0.390 e. The van der Waals surface area contributed by atoms with Gasteiger partial charge in [-0.15, -0.1) is 0 Å². The third-order valence-electron chi connectivity index (χ3n) is 1.40. The summed E-state index contributed by atoms with van der Waals surface area (Å²) in [4.78, 5) is 3.82. The SMILES string of the molecule is OCc1cc(C(F)F)c(Br)c(Br)n1. The number of pyridine rings is 1. The van der Waals surface area contributed by atoms with Gasteiger partial charge >= 0.3 is 0 Å². The lowest BCUT2D eigenvalue weighted by Gasteiger charge is -2.06. The van der Waals surface area contributed by atoms with Gasteiger partial charge in [-0.3, -0.25) is 0 Å². The van der Waals surface area contributed by atoms with Crippen LogP contribution in [0.15, 0.2) is 15.1 Å². The lowest BCUT2D eigenvalue weighted by molar-refractivity contribution is 0.150. The maximum Gasteiger partial charge on any atom is 0.265 e. The Hall–Kier alpha value is -0.0700. The van der Waals surface area contributed by atoms with Crippen molar-refractivity contribution in [1.82, 2.24) is 4.98 Å². The monoisotopic (exact) mass is 315 g/mol. The molecule has 13 heavy (non-hydrogen) atoms. The van der Waals surface area contributed by atoms with Crippen LogP contribution in [0.4, 0.5) is 8.78 Å². The van der Waals surface area contributed by atoms with Crippen LogP contribution in [-0.4, -0.2) is 10.1 Å². The molecule has 0 amide bonds. The van der Waals surface area contributed by atoms with Crippen molar-refractivity contribution in [2.24, 2.45) is 0 Å². The summed E-state index contributed by atoms with van der Waals surface area (Å²) in [5.74, 6) is 0. The lowest BCUT2D eigenvalue weighted by atomic mass is 10.2. The maximum atomic E-state index is 12.4. The summed E-state index contributed by atoms with van der Waals surface area (Å²) in [6.45, 7) is -0.356. The summed E-state index contributed by atoms with van der Waals surface area (Å²) < 4.78 is 25.2. The molecule has 2 nitrogen and oxygen atoms in total. The highest BCUT2D eigenvalue weighted by molar-refractivity contribution is 9.13. The number of alkyl halides is 2. The Balaban J connectivity index is 3.25. The summed E-state index contributed by atoms with van der Waals surface area (Å²) in [7, 11) is 0. The first-order valence-electron chi connectivity index (χ1n) is 3.30. The average Bonchev–Trinajstić information content (AvgIpc) is 2.09. The van der Waals surface area contributed by atoms with Crippen LogP contribution in [0, 0.1) is 0 Å². The van der Waals surface area contributed by atoms with Crippen LogP contribution in [0.2, 0.25) is 0 Å². The summed E-state index contributed by atoms with van der Waals surface area (Å²) in [6, 6.07) is 1.17. The van der Waals surface area contributed by atoms with Crippen LogP contribution in [0.5, 0.6) is 0 Å². The van der Waals surface area contributed by atoms with Crippen LogP contribution in [0.25, 0.3) is 0 Å². The van der Waals surface area contributed by atoms with E-state index in [2.05, 4.69) is 36.8 Å². The zero-order valence-corrected chi connectivity index (χ0v) is 9.44. The zero-order valence-electron chi connectivity index (χ0n) is 6.27. The molecular weight excluding hydrogens is 312 g/mol. The average molecular weight is 317 g/mol. The highest BCUT2D eigenvalue weighted by Gasteiger charge is 2.15. The van der Waals surface area contributed by atoms with Crippen molar-refractivity contribution in [3.63, 3.8) is 0 Å². The van der Waals surface area contributed by atoms with Crippen LogP contribution in [0.1, 0.15) is 17.7 Å². The fourth-order valence-electron chi connectivity index (χ4n) is 0.809. The molecule has 0 bridgehead atoms. The minimum atomic E-state index is -2.58. The molecule has 1 aromatic rings. The highest BCUT2D eigenvalue weighted by atomic mass is 79.9. The van der Waals surface area contributed by atoms with Gasteiger partial charge in [-0.25, -0.2) is 13.8 Å². The molecule has 0 spiro atoms. The van der Waals surface area contributed by atoms with E-state index < -0.39 is 6.43 Å². The van der Waals surface area contributed by atoms with Crippen molar-refractivity contribution >= 4 is 31.9 Å². The Kier molecular flexibility index (Phi) is 3.75. The molecule has 6 heteroatoms. The molecule has 0 unspecified atom stereocenters. The number of hydrogen-bond acceptors (Lipinski definition) is 2. The van der Waals surface area contributed by atoms with Crippen molar-refractivity contribution in [3.05, 3.63) is 26.4 Å². The van der Waals surface area contributed by atoms with E-state index in [-0.39, 0.29) is 26.9 Å². The molecule has 0 saturated heterocycles. The van der Waals surface area contributed by atoms with Crippen LogP contribution in [0.3, 0.4) is 0 Å². The second-order valence-corrected chi connectivity index (χ2v) is 3.81. The first-order chi connectivity index (χ1) is 6.06. The van der Waals surface area contributed by atoms with Crippen molar-refractivity contribution in [2.75, 3.05) is 0 Å². The van der Waals surface area contributed by atoms with Crippen LogP contribution >= 0.6 is 31.9 Å². The molecule has 72 valence electrons. The molecule has 1 aromatic heterocycles. The number of aromatic nitrogens is 1. The Bertz CT molecular complexity index is 320. The second kappa shape index (κ2) is 4.43. The van der Waals surface area contributed by atoms with Crippen LogP contribution in [-0.2, 0) is 6.61 Å². The fraction of sp³-hybridized carbons (Fsp3) is 0.286. The van der Waals surface area contributed by atoms with Crippen molar-refractivity contribution < 1.29 is 13.9 Å². The number of aliphatic hydroxyl groups is 1. The molecule has 0 atom stereocenters. The van der Waals surface area contributed by atoms with Gasteiger partial charge in [0, 0.05) is 5.56 Å². The molecule has 0 fully saturated rings. The van der Waals surface area contributed by atoms with Crippen molar-refractivity contribution in [1.29, 1.82) is 0 Å². The Morgan fingerprint density at radius 1 is 1.46 bits per heavy atom. The third kappa shape index (κ3) is 2.45. The number of hydrogen-bond donors (Lipinski definition) is 1. The number of nitrogens with zero attached hydrogens (tertiary/aromatic N) is 1. The highest BCUT2D eigenvalue weighted by Crippen LogP contribution is 2.32. The maximum absolute atomic E-state index is 12.4. The van der Waals surface area contributed by atoms with Gasteiger partial charge in [0.15, 0.2) is 0 Å². The van der Waals surface area contributed by atoms with Gasteiger partial charge in [0.25, 0.3) is 6.43 Å². The molecule has 0 saturated carbocycles. The van der Waals surface area contributed by atoms with E-state index in [0.29, 0.717) is 0 Å². The molecule has 1 N–H and O–H groups in total.